The van der Waals surface area contributed by atoms with E-state index in [2.05, 4.69) is 15.7 Å². The summed E-state index contributed by atoms with van der Waals surface area (Å²) in [5, 5.41) is 9.95. The van der Waals surface area contributed by atoms with Gasteiger partial charge in [-0.3, -0.25) is 10.00 Å². The van der Waals surface area contributed by atoms with E-state index in [1.165, 1.54) is 6.07 Å². The van der Waals surface area contributed by atoms with E-state index in [-0.39, 0.29) is 24.5 Å². The van der Waals surface area contributed by atoms with Crippen LogP contribution < -0.4 is 24.8 Å². The predicted molar refractivity (Wildman–Crippen MR) is 151 cm³/mol. The largest absolute Gasteiger partial charge is 0.489 e. The molecule has 11 heteroatoms. The van der Waals surface area contributed by atoms with E-state index in [1.807, 2.05) is 43.3 Å². The van der Waals surface area contributed by atoms with Gasteiger partial charge >= 0.3 is 12.2 Å². The number of amides is 2. The van der Waals surface area contributed by atoms with Crippen molar-refractivity contribution in [1.29, 1.82) is 0 Å². The lowest BCUT2D eigenvalue weighted by molar-refractivity contribution is -0.137. The van der Waals surface area contributed by atoms with Crippen molar-refractivity contribution in [3.05, 3.63) is 107 Å². The zero-order valence-corrected chi connectivity index (χ0v) is 22.4. The van der Waals surface area contributed by atoms with Crippen molar-refractivity contribution >= 4 is 28.4 Å². The number of halogens is 3. The lowest BCUT2D eigenvalue weighted by atomic mass is 10.1. The van der Waals surface area contributed by atoms with Crippen LogP contribution in [0.15, 0.2) is 84.9 Å². The molecule has 0 unspecified atom stereocenters. The topological polar surface area (TPSA) is 86.6 Å². The predicted octanol–water partition coefficient (Wildman–Crippen LogP) is 7.36. The summed E-state index contributed by atoms with van der Waals surface area (Å²) in [6, 6.07) is 22.9. The van der Waals surface area contributed by atoms with Crippen LogP contribution >= 0.6 is 0 Å². The van der Waals surface area contributed by atoms with Gasteiger partial charge in [0.05, 0.1) is 17.6 Å². The number of benzene rings is 4. The SMILES string of the molecule is Cc1cccc(NC(=O)Nc2nn(Cc3ccc(COc4ccc5c(c4)OCO5)cc3)c3ccc(C(F)(F)F)cc23)c1. The van der Waals surface area contributed by atoms with Crippen LogP contribution in [-0.4, -0.2) is 22.6 Å². The van der Waals surface area contributed by atoms with Gasteiger partial charge in [-0.15, -0.1) is 0 Å². The van der Waals surface area contributed by atoms with Gasteiger partial charge in [0, 0.05) is 17.1 Å². The van der Waals surface area contributed by atoms with Gasteiger partial charge in [0.25, 0.3) is 0 Å². The number of urea groups is 1. The Morgan fingerprint density at radius 2 is 1.71 bits per heavy atom. The maximum absolute atomic E-state index is 13.5. The number of carbonyl (C=O) groups excluding carboxylic acids is 1. The number of anilines is 2. The van der Waals surface area contributed by atoms with Crippen LogP contribution in [0.25, 0.3) is 10.9 Å². The quantitative estimate of drug-likeness (QED) is 0.212. The summed E-state index contributed by atoms with van der Waals surface area (Å²) in [6.45, 7) is 2.67. The number of aryl methyl sites for hydroxylation is 1. The van der Waals surface area contributed by atoms with Gasteiger partial charge in [-0.05, 0) is 66.1 Å². The number of hydrogen-bond donors (Lipinski definition) is 2. The first-order valence-electron chi connectivity index (χ1n) is 13.0. The van der Waals surface area contributed by atoms with Crippen LogP contribution in [0, 0.1) is 6.92 Å². The monoisotopic (exact) mass is 574 g/mol. The number of hydrogen-bond acceptors (Lipinski definition) is 5. The molecule has 1 aliphatic rings. The molecule has 1 aliphatic heterocycles. The fourth-order valence-electron chi connectivity index (χ4n) is 4.61. The summed E-state index contributed by atoms with van der Waals surface area (Å²) in [5.74, 6) is 1.99. The van der Waals surface area contributed by atoms with E-state index in [4.69, 9.17) is 14.2 Å². The Kier molecular flexibility index (Phi) is 7.07. The highest BCUT2D eigenvalue weighted by Crippen LogP contribution is 2.36. The van der Waals surface area contributed by atoms with Crippen molar-refractivity contribution in [2.75, 3.05) is 17.4 Å². The number of ether oxygens (including phenoxy) is 3. The summed E-state index contributed by atoms with van der Waals surface area (Å²) < 4.78 is 58.7. The Labute approximate surface area is 238 Å². The minimum absolute atomic E-state index is 0.0231. The molecule has 1 aromatic heterocycles. The molecule has 2 amide bonds. The van der Waals surface area contributed by atoms with Gasteiger partial charge in [-0.1, -0.05) is 36.4 Å². The number of nitrogens with one attached hydrogen (secondary N) is 2. The Hall–Kier alpha value is -5.19. The summed E-state index contributed by atoms with van der Waals surface area (Å²) in [7, 11) is 0. The first kappa shape index (κ1) is 27.0. The molecule has 214 valence electrons. The van der Waals surface area contributed by atoms with Crippen molar-refractivity contribution in [1.82, 2.24) is 9.78 Å². The molecule has 0 radical (unpaired) electrons. The molecule has 0 fully saturated rings. The lowest BCUT2D eigenvalue weighted by Crippen LogP contribution is -2.20. The van der Waals surface area contributed by atoms with Crippen molar-refractivity contribution in [3.63, 3.8) is 0 Å². The van der Waals surface area contributed by atoms with Gasteiger partial charge in [-0.25, -0.2) is 4.79 Å². The number of alkyl halides is 3. The molecule has 8 nitrogen and oxygen atoms in total. The number of aromatic nitrogens is 2. The highest BCUT2D eigenvalue weighted by Gasteiger charge is 2.31. The van der Waals surface area contributed by atoms with Crippen LogP contribution in [0.1, 0.15) is 22.3 Å². The van der Waals surface area contributed by atoms with E-state index in [0.29, 0.717) is 35.1 Å². The number of fused-ring (bicyclic) bond motifs is 2. The maximum Gasteiger partial charge on any atom is 0.416 e. The Balaban J connectivity index is 1.19. The molecule has 4 aromatic carbocycles. The smallest absolute Gasteiger partial charge is 0.416 e. The van der Waals surface area contributed by atoms with Crippen molar-refractivity contribution in [2.24, 2.45) is 0 Å². The fourth-order valence-corrected chi connectivity index (χ4v) is 4.61. The third-order valence-electron chi connectivity index (χ3n) is 6.69. The average molecular weight is 575 g/mol. The second-order valence-electron chi connectivity index (χ2n) is 9.80. The minimum atomic E-state index is -4.55. The van der Waals surface area contributed by atoms with Gasteiger partial charge in [-0.2, -0.15) is 18.3 Å². The Morgan fingerprint density at radius 3 is 2.50 bits per heavy atom. The third-order valence-corrected chi connectivity index (χ3v) is 6.69. The van der Waals surface area contributed by atoms with E-state index in [9.17, 15) is 18.0 Å². The fraction of sp³-hybridized carbons (Fsp3) is 0.161. The van der Waals surface area contributed by atoms with Crippen LogP contribution in [0.3, 0.4) is 0 Å². The van der Waals surface area contributed by atoms with Gasteiger partial charge < -0.3 is 19.5 Å². The Bertz CT molecular complexity index is 1770. The van der Waals surface area contributed by atoms with Crippen LogP contribution in [-0.2, 0) is 19.3 Å². The van der Waals surface area contributed by atoms with E-state index < -0.39 is 17.8 Å². The second-order valence-corrected chi connectivity index (χ2v) is 9.80. The van der Waals surface area contributed by atoms with Crippen molar-refractivity contribution in [2.45, 2.75) is 26.3 Å². The summed E-state index contributed by atoms with van der Waals surface area (Å²) in [5.41, 5.74) is 2.90. The lowest BCUT2D eigenvalue weighted by Gasteiger charge is -2.09. The van der Waals surface area contributed by atoms with Crippen molar-refractivity contribution in [3.8, 4) is 17.2 Å². The average Bonchev–Trinajstić information content (AvgIpc) is 3.56. The molecular weight excluding hydrogens is 549 g/mol. The first-order chi connectivity index (χ1) is 20.2. The normalized spacial score (nSPS) is 12.4. The molecular formula is C31H25F3N4O4. The molecule has 0 atom stereocenters. The molecule has 42 heavy (non-hydrogen) atoms. The molecule has 6 rings (SSSR count). The molecule has 0 saturated heterocycles. The van der Waals surface area contributed by atoms with E-state index in [1.54, 1.807) is 35.0 Å². The second kappa shape index (κ2) is 11.0. The van der Waals surface area contributed by atoms with E-state index in [0.717, 1.165) is 28.8 Å². The molecule has 0 saturated carbocycles. The van der Waals surface area contributed by atoms with Crippen LogP contribution in [0.4, 0.5) is 29.5 Å². The highest BCUT2D eigenvalue weighted by atomic mass is 19.4. The summed E-state index contributed by atoms with van der Waals surface area (Å²) in [6.07, 6.45) is -4.55. The van der Waals surface area contributed by atoms with Crippen LogP contribution in [0.5, 0.6) is 17.2 Å². The molecule has 5 aromatic rings. The maximum atomic E-state index is 13.5. The third kappa shape index (κ3) is 5.95. The zero-order valence-electron chi connectivity index (χ0n) is 22.4. The van der Waals surface area contributed by atoms with E-state index >= 15 is 0 Å². The van der Waals surface area contributed by atoms with Crippen molar-refractivity contribution < 1.29 is 32.2 Å². The van der Waals surface area contributed by atoms with Gasteiger partial charge in [0.15, 0.2) is 17.3 Å². The molecule has 0 aliphatic carbocycles. The Morgan fingerprint density at radius 1 is 0.929 bits per heavy atom. The standard InChI is InChI=1S/C31H25F3N4O4/c1-19-3-2-4-23(13-19)35-30(39)36-29-25-14-22(31(32,33)34)9-11-26(25)38(37-29)16-20-5-7-21(8-6-20)17-40-24-10-12-27-28(15-24)42-18-41-27/h2-15H,16-18H2,1H3,(H2,35,36,37,39). The number of rotatable bonds is 7. The first-order valence-corrected chi connectivity index (χ1v) is 13.0. The molecule has 0 bridgehead atoms. The zero-order chi connectivity index (χ0) is 29.3. The molecule has 0 spiro atoms. The summed E-state index contributed by atoms with van der Waals surface area (Å²) >= 11 is 0. The van der Waals surface area contributed by atoms with Crippen LogP contribution in [0.2, 0.25) is 0 Å². The number of carbonyl (C=O) groups is 1. The van der Waals surface area contributed by atoms with Gasteiger partial charge in [0.1, 0.15) is 12.4 Å². The minimum Gasteiger partial charge on any atom is -0.489 e. The summed E-state index contributed by atoms with van der Waals surface area (Å²) in [4.78, 5) is 12.7. The molecule has 2 N–H and O–H groups in total. The van der Waals surface area contributed by atoms with Gasteiger partial charge in [0.2, 0.25) is 6.79 Å². The molecule has 2 heterocycles. The number of nitrogens with zero attached hydrogens (tertiary/aromatic N) is 2. The highest BCUT2D eigenvalue weighted by molar-refractivity contribution is 6.04.